The Labute approximate surface area is 163 Å². The molecule has 0 radical (unpaired) electrons. The van der Waals surface area contributed by atoms with Gasteiger partial charge in [-0.3, -0.25) is 4.98 Å². The van der Waals surface area contributed by atoms with Crippen LogP contribution in [0.5, 0.6) is 0 Å². The first kappa shape index (κ1) is 18.7. The van der Waals surface area contributed by atoms with E-state index in [2.05, 4.69) is 9.97 Å². The van der Waals surface area contributed by atoms with Gasteiger partial charge in [0.1, 0.15) is 5.82 Å². The number of benzene rings is 2. The summed E-state index contributed by atoms with van der Waals surface area (Å²) in [6.07, 6.45) is -2.08. The van der Waals surface area contributed by atoms with Gasteiger partial charge in [0.2, 0.25) is 0 Å². The summed E-state index contributed by atoms with van der Waals surface area (Å²) in [5, 5.41) is 11.3. The Kier molecular flexibility index (Phi) is 4.54. The quantitative estimate of drug-likeness (QED) is 0.534. The highest BCUT2D eigenvalue weighted by atomic mass is 19.4. The van der Waals surface area contributed by atoms with E-state index in [1.54, 1.807) is 24.3 Å². The van der Waals surface area contributed by atoms with Gasteiger partial charge >= 0.3 is 12.1 Å². The second-order valence-corrected chi connectivity index (χ2v) is 6.40. The molecule has 0 fully saturated rings. The van der Waals surface area contributed by atoms with Gasteiger partial charge < -0.3 is 9.67 Å². The van der Waals surface area contributed by atoms with Crippen molar-refractivity contribution >= 4 is 16.7 Å². The van der Waals surface area contributed by atoms with Gasteiger partial charge in [0.25, 0.3) is 0 Å². The number of aromatic carboxylic acids is 1. The number of nitrogens with zero attached hydrogens (tertiary/aromatic N) is 3. The summed E-state index contributed by atoms with van der Waals surface area (Å²) in [5.41, 5.74) is -1.35. The number of halogens is 3. The van der Waals surface area contributed by atoms with Crippen LogP contribution >= 0.6 is 0 Å². The van der Waals surface area contributed by atoms with E-state index in [4.69, 9.17) is 0 Å². The van der Waals surface area contributed by atoms with Crippen molar-refractivity contribution in [1.82, 2.24) is 14.5 Å². The lowest BCUT2D eigenvalue weighted by molar-refractivity contribution is -0.141. The lowest BCUT2D eigenvalue weighted by Gasteiger charge is -2.13. The maximum absolute atomic E-state index is 13.6. The zero-order valence-corrected chi connectivity index (χ0v) is 14.9. The third-order valence-corrected chi connectivity index (χ3v) is 4.57. The van der Waals surface area contributed by atoms with Crippen molar-refractivity contribution in [3.05, 3.63) is 83.9 Å². The number of hydrogen-bond acceptors (Lipinski definition) is 3. The first-order chi connectivity index (χ1) is 13.9. The van der Waals surface area contributed by atoms with Gasteiger partial charge in [-0.1, -0.05) is 42.5 Å². The molecule has 0 amide bonds. The highest BCUT2D eigenvalue weighted by Crippen LogP contribution is 2.35. The molecule has 0 saturated carbocycles. The van der Waals surface area contributed by atoms with Crippen LogP contribution in [0, 0.1) is 0 Å². The Morgan fingerprint density at radius 2 is 1.79 bits per heavy atom. The van der Waals surface area contributed by atoms with Crippen LogP contribution in [0.2, 0.25) is 0 Å². The number of hydrogen-bond donors (Lipinski definition) is 1. The monoisotopic (exact) mass is 397 g/mol. The zero-order chi connectivity index (χ0) is 20.6. The predicted molar refractivity (Wildman–Crippen MR) is 100 cm³/mol. The molecule has 4 aromatic rings. The molecular weight excluding hydrogens is 383 g/mol. The molecule has 0 saturated heterocycles. The zero-order valence-electron chi connectivity index (χ0n) is 14.9. The second kappa shape index (κ2) is 7.05. The van der Waals surface area contributed by atoms with Crippen molar-refractivity contribution in [3.63, 3.8) is 0 Å². The van der Waals surface area contributed by atoms with Crippen molar-refractivity contribution in [2.24, 2.45) is 0 Å². The van der Waals surface area contributed by atoms with Crippen molar-refractivity contribution in [2.45, 2.75) is 12.7 Å². The molecule has 2 heterocycles. The van der Waals surface area contributed by atoms with Gasteiger partial charge in [-0.2, -0.15) is 13.2 Å². The highest BCUT2D eigenvalue weighted by Gasteiger charge is 2.41. The lowest BCUT2D eigenvalue weighted by atomic mass is 10.0. The standard InChI is InChI=1S/C21H14F3N3O2/c22-21(23,24)18-17(20(28)29)27(19(26-18)14-8-4-10-25-11-14)12-15-7-3-6-13-5-1-2-9-16(13)15/h1-11H,12H2,(H,28,29). The van der Waals surface area contributed by atoms with Gasteiger partial charge in [0.05, 0.1) is 6.54 Å². The second-order valence-electron chi connectivity index (χ2n) is 6.40. The molecule has 2 aromatic carbocycles. The number of carboxylic acid groups (broad SMARTS) is 1. The van der Waals surface area contributed by atoms with Crippen LogP contribution in [0.3, 0.4) is 0 Å². The molecule has 0 atom stereocenters. The van der Waals surface area contributed by atoms with Gasteiger partial charge in [-0.05, 0) is 28.5 Å². The summed E-state index contributed by atoms with van der Waals surface area (Å²) < 4.78 is 41.8. The first-order valence-corrected chi connectivity index (χ1v) is 8.64. The Morgan fingerprint density at radius 3 is 2.48 bits per heavy atom. The summed E-state index contributed by atoms with van der Waals surface area (Å²) in [5.74, 6) is -1.80. The molecule has 8 heteroatoms. The van der Waals surface area contributed by atoms with Crippen LogP contribution in [-0.4, -0.2) is 25.6 Å². The van der Waals surface area contributed by atoms with Crippen molar-refractivity contribution in [1.29, 1.82) is 0 Å². The molecule has 0 bridgehead atoms. The van der Waals surface area contributed by atoms with E-state index in [9.17, 15) is 23.1 Å². The van der Waals surface area contributed by atoms with Crippen LogP contribution in [0.1, 0.15) is 21.7 Å². The van der Waals surface area contributed by atoms with E-state index in [-0.39, 0.29) is 12.4 Å². The van der Waals surface area contributed by atoms with E-state index >= 15 is 0 Å². The van der Waals surface area contributed by atoms with Crippen LogP contribution in [-0.2, 0) is 12.7 Å². The maximum Gasteiger partial charge on any atom is 0.435 e. The Bertz CT molecular complexity index is 1200. The first-order valence-electron chi connectivity index (χ1n) is 8.64. The number of carbonyl (C=O) groups is 1. The summed E-state index contributed by atoms with van der Waals surface area (Å²) in [4.78, 5) is 19.4. The average molecular weight is 397 g/mol. The molecule has 146 valence electrons. The van der Waals surface area contributed by atoms with Gasteiger partial charge in [-0.25, -0.2) is 9.78 Å². The SMILES string of the molecule is O=C(O)c1c(C(F)(F)F)nc(-c2cccnc2)n1Cc1cccc2ccccc12. The largest absolute Gasteiger partial charge is 0.477 e. The predicted octanol–water partition coefficient (Wildman–Crippen LogP) is 4.86. The fraction of sp³-hybridized carbons (Fsp3) is 0.0952. The molecule has 0 aliphatic rings. The molecule has 0 aliphatic heterocycles. The number of pyridine rings is 1. The lowest BCUT2D eigenvalue weighted by Crippen LogP contribution is -2.17. The van der Waals surface area contributed by atoms with Crippen molar-refractivity contribution < 1.29 is 23.1 Å². The molecular formula is C21H14F3N3O2. The fourth-order valence-electron chi connectivity index (χ4n) is 3.34. The maximum atomic E-state index is 13.6. The smallest absolute Gasteiger partial charge is 0.435 e. The molecule has 0 unspecified atom stereocenters. The normalized spacial score (nSPS) is 11.7. The Morgan fingerprint density at radius 1 is 1.03 bits per heavy atom. The number of rotatable bonds is 4. The van der Waals surface area contributed by atoms with Gasteiger partial charge in [0.15, 0.2) is 11.4 Å². The summed E-state index contributed by atoms with van der Waals surface area (Å²) in [7, 11) is 0. The molecule has 29 heavy (non-hydrogen) atoms. The number of carboxylic acids is 1. The molecule has 0 aliphatic carbocycles. The van der Waals surface area contributed by atoms with E-state index in [1.165, 1.54) is 12.4 Å². The Balaban J connectivity index is 1.98. The number of alkyl halides is 3. The summed E-state index contributed by atoms with van der Waals surface area (Å²) in [6, 6.07) is 15.9. The third kappa shape index (κ3) is 3.44. The van der Waals surface area contributed by atoms with E-state index in [0.717, 1.165) is 15.3 Å². The topological polar surface area (TPSA) is 68.0 Å². The van der Waals surface area contributed by atoms with E-state index < -0.39 is 23.5 Å². The van der Waals surface area contributed by atoms with E-state index in [0.29, 0.717) is 11.1 Å². The molecule has 4 rings (SSSR count). The number of fused-ring (bicyclic) bond motifs is 1. The van der Waals surface area contributed by atoms with Crippen LogP contribution in [0.4, 0.5) is 13.2 Å². The highest BCUT2D eigenvalue weighted by molar-refractivity contribution is 5.89. The minimum Gasteiger partial charge on any atom is -0.477 e. The molecule has 2 aromatic heterocycles. The van der Waals surface area contributed by atoms with Crippen LogP contribution < -0.4 is 0 Å². The number of imidazole rings is 1. The van der Waals surface area contributed by atoms with Crippen molar-refractivity contribution in [3.8, 4) is 11.4 Å². The molecule has 0 spiro atoms. The van der Waals surface area contributed by atoms with Crippen molar-refractivity contribution in [2.75, 3.05) is 0 Å². The minimum atomic E-state index is -4.91. The summed E-state index contributed by atoms with van der Waals surface area (Å²) >= 11 is 0. The van der Waals surface area contributed by atoms with Gasteiger partial charge in [-0.15, -0.1) is 0 Å². The number of aromatic nitrogens is 3. The summed E-state index contributed by atoms with van der Waals surface area (Å²) in [6.45, 7) is -0.0870. The third-order valence-electron chi connectivity index (χ3n) is 4.57. The van der Waals surface area contributed by atoms with E-state index in [1.807, 2.05) is 30.3 Å². The Hall–Kier alpha value is -3.68. The minimum absolute atomic E-state index is 0.0870. The fourth-order valence-corrected chi connectivity index (χ4v) is 3.34. The van der Waals surface area contributed by atoms with Gasteiger partial charge in [0, 0.05) is 18.0 Å². The molecule has 5 nitrogen and oxygen atoms in total. The molecule has 1 N–H and O–H groups in total. The average Bonchev–Trinajstić information content (AvgIpc) is 3.09. The van der Waals surface area contributed by atoms with Crippen LogP contribution in [0.25, 0.3) is 22.2 Å². The van der Waals surface area contributed by atoms with Crippen LogP contribution in [0.15, 0.2) is 67.0 Å².